The van der Waals surface area contributed by atoms with E-state index in [2.05, 4.69) is 12.2 Å². The van der Waals surface area contributed by atoms with Gasteiger partial charge in [0.2, 0.25) is 0 Å². The molecule has 0 aromatic heterocycles. The topological polar surface area (TPSA) is 21.3 Å². The Kier molecular flexibility index (Phi) is 3.45. The molecule has 1 aliphatic heterocycles. The Morgan fingerprint density at radius 2 is 2.12 bits per heavy atom. The van der Waals surface area contributed by atoms with Crippen molar-refractivity contribution >= 4 is 0 Å². The molecule has 3 unspecified atom stereocenters. The lowest BCUT2D eigenvalue weighted by atomic mass is 9.74. The van der Waals surface area contributed by atoms with Gasteiger partial charge in [0.05, 0.1) is 5.60 Å². The monoisotopic (exact) mass is 237 g/mol. The van der Waals surface area contributed by atoms with Crippen molar-refractivity contribution in [1.29, 1.82) is 0 Å². The minimum absolute atomic E-state index is 0.304. The first kappa shape index (κ1) is 12.0. The molecule has 0 radical (unpaired) electrons. The number of nitrogens with one attached hydrogen (secondary N) is 1. The Bertz CT molecular complexity index is 262. The number of rotatable bonds is 3. The van der Waals surface area contributed by atoms with Gasteiger partial charge in [-0.25, -0.2) is 0 Å². The molecule has 2 heteroatoms. The molecule has 3 rings (SSSR count). The van der Waals surface area contributed by atoms with Crippen LogP contribution in [0.5, 0.6) is 0 Å². The van der Waals surface area contributed by atoms with Gasteiger partial charge in [-0.15, -0.1) is 0 Å². The lowest BCUT2D eigenvalue weighted by Gasteiger charge is -2.47. The van der Waals surface area contributed by atoms with E-state index in [1.54, 1.807) is 0 Å². The molecule has 0 amide bonds. The highest BCUT2D eigenvalue weighted by atomic mass is 16.5. The molecule has 3 fully saturated rings. The van der Waals surface area contributed by atoms with Crippen LogP contribution in [0.3, 0.4) is 0 Å². The van der Waals surface area contributed by atoms with Crippen molar-refractivity contribution in [3.05, 3.63) is 0 Å². The normalized spacial score (nSPS) is 40.4. The Balaban J connectivity index is 1.42. The SMILES string of the molecule is CC1CCC(CNC2CCOC3(CCC3)C2)C1. The van der Waals surface area contributed by atoms with Gasteiger partial charge in [-0.3, -0.25) is 0 Å². The van der Waals surface area contributed by atoms with E-state index in [-0.39, 0.29) is 0 Å². The van der Waals surface area contributed by atoms with E-state index in [0.717, 1.165) is 24.5 Å². The van der Waals surface area contributed by atoms with Gasteiger partial charge in [0.1, 0.15) is 0 Å². The fourth-order valence-electron chi connectivity index (χ4n) is 3.97. The van der Waals surface area contributed by atoms with Crippen molar-refractivity contribution in [2.75, 3.05) is 13.2 Å². The summed E-state index contributed by atoms with van der Waals surface area (Å²) in [7, 11) is 0. The zero-order valence-corrected chi connectivity index (χ0v) is 11.2. The zero-order chi connectivity index (χ0) is 11.7. The summed E-state index contributed by atoms with van der Waals surface area (Å²) in [4.78, 5) is 0. The van der Waals surface area contributed by atoms with Gasteiger partial charge >= 0.3 is 0 Å². The van der Waals surface area contributed by atoms with Gasteiger partial charge in [0.25, 0.3) is 0 Å². The van der Waals surface area contributed by atoms with Gasteiger partial charge in [0, 0.05) is 12.6 Å². The minimum Gasteiger partial charge on any atom is -0.375 e. The first-order valence-corrected chi connectivity index (χ1v) is 7.63. The van der Waals surface area contributed by atoms with Crippen molar-refractivity contribution < 1.29 is 4.74 Å². The van der Waals surface area contributed by atoms with Gasteiger partial charge in [-0.05, 0) is 63.3 Å². The summed E-state index contributed by atoms with van der Waals surface area (Å²) in [5.41, 5.74) is 0.304. The standard InChI is InChI=1S/C15H27NO/c1-12-3-4-13(9-12)11-16-14-5-8-17-15(10-14)6-2-7-15/h12-14,16H,2-11H2,1H3. The molecule has 0 aromatic carbocycles. The molecular weight excluding hydrogens is 210 g/mol. The van der Waals surface area contributed by atoms with Crippen LogP contribution < -0.4 is 5.32 Å². The van der Waals surface area contributed by atoms with Crippen LogP contribution in [0.4, 0.5) is 0 Å². The second kappa shape index (κ2) is 4.89. The first-order valence-electron chi connectivity index (χ1n) is 7.63. The summed E-state index contributed by atoms with van der Waals surface area (Å²) in [6.07, 6.45) is 10.8. The average Bonchev–Trinajstić information content (AvgIpc) is 2.71. The average molecular weight is 237 g/mol. The van der Waals surface area contributed by atoms with Crippen LogP contribution >= 0.6 is 0 Å². The fraction of sp³-hybridized carbons (Fsp3) is 1.00. The highest BCUT2D eigenvalue weighted by Crippen LogP contribution is 2.42. The molecule has 2 aliphatic carbocycles. The Hall–Kier alpha value is -0.0800. The summed E-state index contributed by atoms with van der Waals surface area (Å²) < 4.78 is 5.98. The van der Waals surface area contributed by atoms with E-state index >= 15 is 0 Å². The Morgan fingerprint density at radius 1 is 1.24 bits per heavy atom. The Morgan fingerprint density at radius 3 is 2.76 bits per heavy atom. The van der Waals surface area contributed by atoms with Crippen LogP contribution in [0.2, 0.25) is 0 Å². The van der Waals surface area contributed by atoms with Gasteiger partial charge in [0.15, 0.2) is 0 Å². The molecule has 0 bridgehead atoms. The van der Waals surface area contributed by atoms with Gasteiger partial charge < -0.3 is 10.1 Å². The predicted molar refractivity (Wildman–Crippen MR) is 70.1 cm³/mol. The van der Waals surface area contributed by atoms with E-state index in [1.165, 1.54) is 57.9 Å². The van der Waals surface area contributed by atoms with Crippen molar-refractivity contribution in [3.8, 4) is 0 Å². The quantitative estimate of drug-likeness (QED) is 0.814. The second-order valence-corrected chi connectivity index (χ2v) is 6.77. The van der Waals surface area contributed by atoms with E-state index in [0.29, 0.717) is 5.60 Å². The highest BCUT2D eigenvalue weighted by Gasteiger charge is 2.42. The molecule has 3 atom stereocenters. The number of ether oxygens (including phenoxy) is 1. The number of hydrogen-bond acceptors (Lipinski definition) is 2. The van der Waals surface area contributed by atoms with Crippen LogP contribution in [0.1, 0.15) is 58.3 Å². The molecular formula is C15H27NO. The molecule has 98 valence electrons. The third kappa shape index (κ3) is 2.68. The zero-order valence-electron chi connectivity index (χ0n) is 11.2. The maximum atomic E-state index is 5.98. The summed E-state index contributed by atoms with van der Waals surface area (Å²) in [5, 5.41) is 3.83. The third-order valence-electron chi connectivity index (χ3n) is 5.26. The maximum absolute atomic E-state index is 5.98. The smallest absolute Gasteiger partial charge is 0.0697 e. The van der Waals surface area contributed by atoms with Crippen LogP contribution in [-0.2, 0) is 4.74 Å². The lowest BCUT2D eigenvalue weighted by molar-refractivity contribution is -0.135. The van der Waals surface area contributed by atoms with Gasteiger partial charge in [-0.2, -0.15) is 0 Å². The molecule has 1 N–H and O–H groups in total. The van der Waals surface area contributed by atoms with Crippen LogP contribution in [0.25, 0.3) is 0 Å². The summed E-state index contributed by atoms with van der Waals surface area (Å²) >= 11 is 0. The molecule has 1 heterocycles. The summed E-state index contributed by atoms with van der Waals surface area (Å²) in [6, 6.07) is 0.736. The first-order chi connectivity index (χ1) is 8.26. The molecule has 2 nitrogen and oxygen atoms in total. The van der Waals surface area contributed by atoms with E-state index in [1.807, 2.05) is 0 Å². The lowest BCUT2D eigenvalue weighted by Crippen LogP contribution is -2.51. The van der Waals surface area contributed by atoms with E-state index in [4.69, 9.17) is 4.74 Å². The molecule has 1 spiro atoms. The van der Waals surface area contributed by atoms with Crippen LogP contribution in [0, 0.1) is 11.8 Å². The van der Waals surface area contributed by atoms with Crippen molar-refractivity contribution in [1.82, 2.24) is 5.32 Å². The predicted octanol–water partition coefficient (Wildman–Crippen LogP) is 3.11. The molecule has 17 heavy (non-hydrogen) atoms. The molecule has 1 saturated heterocycles. The van der Waals surface area contributed by atoms with Crippen molar-refractivity contribution in [2.24, 2.45) is 11.8 Å². The molecule has 3 aliphatic rings. The van der Waals surface area contributed by atoms with E-state index < -0.39 is 0 Å². The highest BCUT2D eigenvalue weighted by molar-refractivity contribution is 4.96. The van der Waals surface area contributed by atoms with Crippen LogP contribution in [-0.4, -0.2) is 24.8 Å². The fourth-order valence-corrected chi connectivity index (χ4v) is 3.97. The van der Waals surface area contributed by atoms with Crippen molar-refractivity contribution in [2.45, 2.75) is 69.9 Å². The molecule has 0 aromatic rings. The minimum atomic E-state index is 0.304. The largest absolute Gasteiger partial charge is 0.375 e. The maximum Gasteiger partial charge on any atom is 0.0697 e. The summed E-state index contributed by atoms with van der Waals surface area (Å²) in [6.45, 7) is 4.64. The number of hydrogen-bond donors (Lipinski definition) is 1. The van der Waals surface area contributed by atoms with Crippen molar-refractivity contribution in [3.63, 3.8) is 0 Å². The Labute approximate surface area is 105 Å². The second-order valence-electron chi connectivity index (χ2n) is 6.77. The van der Waals surface area contributed by atoms with E-state index in [9.17, 15) is 0 Å². The summed E-state index contributed by atoms with van der Waals surface area (Å²) in [5.74, 6) is 1.92. The third-order valence-corrected chi connectivity index (χ3v) is 5.26. The van der Waals surface area contributed by atoms with Crippen LogP contribution in [0.15, 0.2) is 0 Å². The molecule has 2 saturated carbocycles. The van der Waals surface area contributed by atoms with Gasteiger partial charge in [-0.1, -0.05) is 13.3 Å².